The van der Waals surface area contributed by atoms with Crippen molar-refractivity contribution in [3.8, 4) is 0 Å². The van der Waals surface area contributed by atoms with Crippen LogP contribution in [-0.2, 0) is 9.53 Å². The fourth-order valence-electron chi connectivity index (χ4n) is 0.823. The van der Waals surface area contributed by atoms with Gasteiger partial charge in [-0.15, -0.1) is 0 Å². The van der Waals surface area contributed by atoms with E-state index < -0.39 is 36.3 Å². The van der Waals surface area contributed by atoms with E-state index in [0.29, 0.717) is 0 Å². The third kappa shape index (κ3) is 2.26. The Kier molecular flexibility index (Phi) is 4.51. The van der Waals surface area contributed by atoms with Crippen molar-refractivity contribution in [3.05, 3.63) is 11.5 Å². The molecule has 0 saturated heterocycles. The van der Waals surface area contributed by atoms with E-state index in [2.05, 4.69) is 4.74 Å². The van der Waals surface area contributed by atoms with E-state index in [1.807, 2.05) is 0 Å². The Morgan fingerprint density at radius 3 is 2.31 bits per heavy atom. The van der Waals surface area contributed by atoms with Crippen molar-refractivity contribution >= 4 is 29.9 Å². The number of esters is 1. The molecule has 1 aliphatic rings. The van der Waals surface area contributed by atoms with Gasteiger partial charge in [0.25, 0.3) is 0 Å². The predicted octanol–water partition coefficient (Wildman–Crippen LogP) is -1.79. The van der Waals surface area contributed by atoms with Gasteiger partial charge < -0.3 is 25.2 Å². The van der Waals surface area contributed by atoms with E-state index in [0.717, 1.165) is 0 Å². The average molecular weight is 295 g/mol. The third-order valence-corrected chi connectivity index (χ3v) is 1.48. The second-order valence-corrected chi connectivity index (χ2v) is 2.31. The fraction of sp³-hybridized carbons (Fsp3) is 0.500. The molecule has 0 aromatic carbocycles. The zero-order valence-electron chi connectivity index (χ0n) is 6.47. The minimum absolute atomic E-state index is 0. The maximum atomic E-state index is 10.5. The minimum Gasteiger partial charge on any atom is -0.505 e. The van der Waals surface area contributed by atoms with Crippen molar-refractivity contribution in [1.82, 2.24) is 0 Å². The monoisotopic (exact) mass is 296 g/mol. The number of aliphatic hydroxyl groups excluding tert-OH is 4. The first-order chi connectivity index (χ1) is 5.57. The van der Waals surface area contributed by atoms with Crippen molar-refractivity contribution in [2.45, 2.75) is 12.2 Å². The molecule has 0 amide bonds. The summed E-state index contributed by atoms with van der Waals surface area (Å²) in [5, 5.41) is 35.0. The van der Waals surface area contributed by atoms with E-state index in [-0.39, 0.29) is 23.9 Å². The number of carbonyl (C=O) groups is 1. The zero-order valence-corrected chi connectivity index (χ0v) is 9.32. The quantitative estimate of drug-likeness (QED) is 0.354. The molecule has 0 aromatic heterocycles. The fourth-order valence-corrected chi connectivity index (χ4v) is 0.823. The molecular weight excluding hydrogens is 287 g/mol. The molecule has 0 aliphatic carbocycles. The van der Waals surface area contributed by atoms with Crippen LogP contribution in [0.3, 0.4) is 0 Å². The Hall–Kier alpha value is -0.471. The van der Waals surface area contributed by atoms with Crippen LogP contribution < -0.4 is 0 Å². The van der Waals surface area contributed by atoms with Crippen LogP contribution in [0.1, 0.15) is 0 Å². The van der Waals surface area contributed by atoms with E-state index >= 15 is 0 Å². The first kappa shape index (κ1) is 12.5. The molecule has 4 radical (unpaired) electrons. The van der Waals surface area contributed by atoms with Gasteiger partial charge in [-0.3, -0.25) is 0 Å². The summed E-state index contributed by atoms with van der Waals surface area (Å²) in [5.41, 5.74) is 0. The van der Waals surface area contributed by atoms with Crippen LogP contribution in [0.2, 0.25) is 0 Å². The van der Waals surface area contributed by atoms with Crippen molar-refractivity contribution in [2.24, 2.45) is 0 Å². The van der Waals surface area contributed by atoms with Gasteiger partial charge in [0.2, 0.25) is 5.76 Å². The van der Waals surface area contributed by atoms with Crippen LogP contribution in [0.4, 0.5) is 0 Å². The molecule has 1 heterocycles. The molecule has 1 aliphatic heterocycles. The second kappa shape index (κ2) is 4.68. The van der Waals surface area contributed by atoms with Gasteiger partial charge in [0, 0.05) is 23.9 Å². The van der Waals surface area contributed by atoms with Crippen LogP contribution in [0.5, 0.6) is 0 Å². The number of hydrogen-bond donors (Lipinski definition) is 4. The Morgan fingerprint density at radius 1 is 1.46 bits per heavy atom. The summed E-state index contributed by atoms with van der Waals surface area (Å²) in [6.07, 6.45) is -2.78. The molecule has 13 heavy (non-hydrogen) atoms. The van der Waals surface area contributed by atoms with Gasteiger partial charge in [-0.05, 0) is 0 Å². The van der Waals surface area contributed by atoms with Gasteiger partial charge in [-0.1, -0.05) is 0 Å². The van der Waals surface area contributed by atoms with Crippen molar-refractivity contribution in [2.75, 3.05) is 6.61 Å². The number of cyclic esters (lactones) is 1. The molecular formula is C6H8O6Sn. The van der Waals surface area contributed by atoms with Crippen LogP contribution in [-0.4, -0.2) is 69.1 Å². The largest absolute Gasteiger partial charge is 0.505 e. The van der Waals surface area contributed by atoms with Gasteiger partial charge in [0.05, 0.1) is 6.61 Å². The SMILES string of the molecule is O=C1O[C@H]([C@@H](O)CO)C(O)=C1O.[Sn]. The molecule has 0 spiro atoms. The molecule has 72 valence electrons. The third-order valence-electron chi connectivity index (χ3n) is 1.48. The molecule has 1 rings (SSSR count). The second-order valence-electron chi connectivity index (χ2n) is 2.31. The molecule has 0 aromatic rings. The Bertz CT molecular complexity index is 237. The van der Waals surface area contributed by atoms with Crippen LogP contribution in [0.15, 0.2) is 11.5 Å². The van der Waals surface area contributed by atoms with Crippen molar-refractivity contribution in [1.29, 1.82) is 0 Å². The topological polar surface area (TPSA) is 107 Å². The molecule has 0 saturated carbocycles. The Balaban J connectivity index is 0.00000144. The van der Waals surface area contributed by atoms with E-state index in [4.69, 9.17) is 20.4 Å². The van der Waals surface area contributed by atoms with E-state index in [1.54, 1.807) is 0 Å². The molecule has 4 N–H and O–H groups in total. The maximum absolute atomic E-state index is 10.5. The number of ether oxygens (including phenoxy) is 1. The summed E-state index contributed by atoms with van der Waals surface area (Å²) in [5.74, 6) is -2.78. The summed E-state index contributed by atoms with van der Waals surface area (Å²) >= 11 is 0. The summed E-state index contributed by atoms with van der Waals surface area (Å²) in [4.78, 5) is 10.5. The van der Waals surface area contributed by atoms with Gasteiger partial charge in [-0.25, -0.2) is 4.79 Å². The van der Waals surface area contributed by atoms with E-state index in [1.165, 1.54) is 0 Å². The normalized spacial score (nSPS) is 23.8. The van der Waals surface area contributed by atoms with Gasteiger partial charge in [0.1, 0.15) is 6.10 Å². The molecule has 2 atom stereocenters. The summed E-state index contributed by atoms with van der Waals surface area (Å²) in [7, 11) is 0. The van der Waals surface area contributed by atoms with Crippen LogP contribution in [0, 0.1) is 0 Å². The van der Waals surface area contributed by atoms with Crippen LogP contribution in [0.25, 0.3) is 0 Å². The molecule has 0 unspecified atom stereocenters. The molecule has 0 bridgehead atoms. The Morgan fingerprint density at radius 2 is 2.00 bits per heavy atom. The van der Waals surface area contributed by atoms with Crippen molar-refractivity contribution in [3.63, 3.8) is 0 Å². The smallest absolute Gasteiger partial charge is 0.377 e. The number of aliphatic hydroxyl groups is 4. The summed E-state index contributed by atoms with van der Waals surface area (Å²) in [6.45, 7) is -0.671. The van der Waals surface area contributed by atoms with Crippen molar-refractivity contribution < 1.29 is 30.0 Å². The van der Waals surface area contributed by atoms with Gasteiger partial charge >= 0.3 is 5.97 Å². The molecule has 7 heteroatoms. The first-order valence-corrected chi connectivity index (χ1v) is 3.20. The Labute approximate surface area is 90.4 Å². The standard InChI is InChI=1S/C6H8O6.Sn/c7-1-2(8)5-3(9)4(10)6(11)12-5;/h2,5,7-10H,1H2;/t2-,5+;/m0./s1. The minimum atomic E-state index is -1.42. The predicted molar refractivity (Wildman–Crippen MR) is 41.0 cm³/mol. The summed E-state index contributed by atoms with van der Waals surface area (Å²) < 4.78 is 4.32. The maximum Gasteiger partial charge on any atom is 0.377 e. The van der Waals surface area contributed by atoms with Crippen LogP contribution >= 0.6 is 0 Å². The van der Waals surface area contributed by atoms with Gasteiger partial charge in [0.15, 0.2) is 11.9 Å². The summed E-state index contributed by atoms with van der Waals surface area (Å²) in [6, 6.07) is 0. The van der Waals surface area contributed by atoms with Gasteiger partial charge in [-0.2, -0.15) is 0 Å². The number of rotatable bonds is 2. The number of carbonyl (C=O) groups excluding carboxylic acids is 1. The number of hydrogen-bond acceptors (Lipinski definition) is 6. The zero-order chi connectivity index (χ0) is 9.30. The van der Waals surface area contributed by atoms with E-state index in [9.17, 15) is 4.79 Å². The average Bonchev–Trinajstić information content (AvgIpc) is 2.32. The molecule has 0 fully saturated rings. The molecule has 6 nitrogen and oxygen atoms in total. The first-order valence-electron chi connectivity index (χ1n) is 3.20.